The number of azo groups is 3. The average molecular weight is 1220 g/mol. The minimum absolute atomic E-state index is 0.0189. The van der Waals surface area contributed by atoms with Gasteiger partial charge < -0.3 is 20.6 Å². The fourth-order valence-corrected chi connectivity index (χ4v) is 11.0. The second-order valence-corrected chi connectivity index (χ2v) is 24.2. The number of nitrogens with zero attached hydrogens (tertiary/aromatic N) is 8. The number of carbonyl (C=O) groups is 3. The smallest absolute Gasteiger partial charge is 0.338 e. The van der Waals surface area contributed by atoms with E-state index in [0.29, 0.717) is 11.1 Å². The normalized spacial score (nSPS) is 14.8. The van der Waals surface area contributed by atoms with E-state index in [-0.39, 0.29) is 55.4 Å². The molecule has 424 valence electrons. The summed E-state index contributed by atoms with van der Waals surface area (Å²) >= 11 is 0. The Kier molecular flexibility index (Phi) is 15.6. The Morgan fingerprint density at radius 2 is 1.17 bits per heavy atom. The molecule has 7 aromatic rings. The van der Waals surface area contributed by atoms with E-state index >= 15 is 0 Å². The van der Waals surface area contributed by atoms with Crippen LogP contribution in [0, 0.1) is 0 Å². The summed E-state index contributed by atoms with van der Waals surface area (Å²) in [6.45, 7) is 2.53. The van der Waals surface area contributed by atoms with Gasteiger partial charge in [0.05, 0.1) is 43.8 Å². The molecule has 8 rings (SSSR count). The first-order valence-corrected chi connectivity index (χ1v) is 29.5. The number of hydrogen-bond donors (Lipinski definition) is 9. The second-order valence-electron chi connectivity index (χ2n) is 17.2. The average Bonchev–Trinajstić information content (AvgIpc) is 3.85. The molecule has 82 heavy (non-hydrogen) atoms. The highest BCUT2D eigenvalue weighted by atomic mass is 32.2. The summed E-state index contributed by atoms with van der Waals surface area (Å²) in [5, 5.41) is 62.0. The number of anilines is 2. The number of nitrogens with one attached hydrogen (secondary N) is 1. The van der Waals surface area contributed by atoms with Crippen molar-refractivity contribution in [2.24, 2.45) is 35.8 Å². The SMILES string of the molecule is CC(=O)Nc1ccc2c(O)c(N=Nc3c(O)cc(N=Nc4ccc(C=Cc5ccc(N6N=C(C)C(N=Nc7ccc(S(=O)(=O)O)cc7C(=O)O)C6=O)cc5S(=O)(=O)O)c(S(=O)(=O)O)c4)c4cc(S(=O)(=O)O)ccc34)c(S(=O)(=O)O)cc2c1. The number of carboxylic acids is 1. The first-order chi connectivity index (χ1) is 38.1. The Hall–Kier alpha value is -9.17. The van der Waals surface area contributed by atoms with E-state index in [4.69, 9.17) is 0 Å². The first-order valence-electron chi connectivity index (χ1n) is 22.3. The van der Waals surface area contributed by atoms with Crippen LogP contribution in [-0.4, -0.2) is 110 Å². The van der Waals surface area contributed by atoms with Gasteiger partial charge in [-0.05, 0) is 102 Å². The van der Waals surface area contributed by atoms with Crippen LogP contribution in [0.25, 0.3) is 33.7 Å². The van der Waals surface area contributed by atoms with Crippen molar-refractivity contribution >= 4 is 148 Å². The topological polar surface area (TPSA) is 486 Å². The minimum Gasteiger partial charge on any atom is -0.506 e. The number of benzene rings is 7. The van der Waals surface area contributed by atoms with E-state index in [1.807, 2.05) is 0 Å². The van der Waals surface area contributed by atoms with Gasteiger partial charge in [-0.1, -0.05) is 30.4 Å². The number of fused-ring (bicyclic) bond motifs is 2. The number of carboxylic acid groups (broad SMARTS) is 1. The largest absolute Gasteiger partial charge is 0.506 e. The van der Waals surface area contributed by atoms with Gasteiger partial charge >= 0.3 is 5.97 Å². The van der Waals surface area contributed by atoms with E-state index in [2.05, 4.69) is 41.1 Å². The van der Waals surface area contributed by atoms with E-state index in [1.54, 1.807) is 0 Å². The molecule has 7 aromatic carbocycles. The van der Waals surface area contributed by atoms with Crippen LogP contribution in [0.3, 0.4) is 0 Å². The molecular formula is C47H35N9O21S5. The molecular weight excluding hydrogens is 1190 g/mol. The summed E-state index contributed by atoms with van der Waals surface area (Å²) in [6.07, 6.45) is 2.00. The molecule has 1 heterocycles. The van der Waals surface area contributed by atoms with Crippen LogP contribution >= 0.6 is 0 Å². The quantitative estimate of drug-likeness (QED) is 0.0250. The molecule has 1 unspecified atom stereocenters. The van der Waals surface area contributed by atoms with Gasteiger partial charge in [0, 0.05) is 34.8 Å². The fourth-order valence-electron chi connectivity index (χ4n) is 7.91. The number of aromatic hydroxyl groups is 2. The molecule has 2 amide bonds. The number of amides is 2. The molecule has 1 atom stereocenters. The number of hydrogen-bond acceptors (Lipinski definition) is 22. The highest BCUT2D eigenvalue weighted by Crippen LogP contribution is 2.46. The summed E-state index contributed by atoms with van der Waals surface area (Å²) in [5.74, 6) is -4.73. The molecule has 0 bridgehead atoms. The van der Waals surface area contributed by atoms with Crippen molar-refractivity contribution in [1.82, 2.24) is 0 Å². The standard InChI is InChI=1S/C47H35N9O21S5/c1-22-42(52-50-36-14-11-31(79(66,67)68)20-35(36)47(61)62)46(60)56(55-22)29-9-6-25(40(18-29)81(72,73)74)4-3-24-5-7-28(17-39(24)80(69,70)71)49-51-37-21-38(58)43(33-13-10-30(19-34(33)37)78(63,64)65)53-54-44-41(82(75,76)77)16-26-15-27(48-23(2)57)8-12-32(26)45(44)59/h3-21,42,58-59H,1-2H3,(H,48,57)(H,61,62)(H,63,64,65)(H,66,67,68)(H,69,70,71)(H,72,73,74)(H,75,76,77). The lowest BCUT2D eigenvalue weighted by molar-refractivity contribution is -0.118. The lowest BCUT2D eigenvalue weighted by Crippen LogP contribution is -2.29. The zero-order chi connectivity index (χ0) is 60.2. The molecule has 1 aliphatic rings. The van der Waals surface area contributed by atoms with Crippen LogP contribution in [0.2, 0.25) is 0 Å². The summed E-state index contributed by atoms with van der Waals surface area (Å²) in [6, 6.07) is 15.3. The van der Waals surface area contributed by atoms with E-state index in [0.717, 1.165) is 91.0 Å². The molecule has 0 aliphatic carbocycles. The van der Waals surface area contributed by atoms with Gasteiger partial charge in [0.25, 0.3) is 56.5 Å². The summed E-state index contributed by atoms with van der Waals surface area (Å²) in [5.41, 5.74) is -3.99. The Labute approximate surface area is 461 Å². The van der Waals surface area contributed by atoms with Crippen LogP contribution in [0.15, 0.2) is 163 Å². The van der Waals surface area contributed by atoms with Crippen molar-refractivity contribution in [3.63, 3.8) is 0 Å². The molecule has 0 spiro atoms. The molecule has 1 aliphatic heterocycles. The molecule has 0 fully saturated rings. The van der Waals surface area contributed by atoms with Gasteiger partial charge in [0.15, 0.2) is 11.8 Å². The molecule has 30 nitrogen and oxygen atoms in total. The van der Waals surface area contributed by atoms with Gasteiger partial charge in [0.1, 0.15) is 31.8 Å². The highest BCUT2D eigenvalue weighted by molar-refractivity contribution is 7.87. The predicted octanol–water partition coefficient (Wildman–Crippen LogP) is 8.17. The minimum atomic E-state index is -5.19. The van der Waals surface area contributed by atoms with Crippen LogP contribution in [0.1, 0.15) is 35.3 Å². The Morgan fingerprint density at radius 3 is 1.78 bits per heavy atom. The van der Waals surface area contributed by atoms with E-state index in [9.17, 15) is 94.6 Å². The molecule has 0 saturated carbocycles. The third kappa shape index (κ3) is 12.6. The van der Waals surface area contributed by atoms with Crippen molar-refractivity contribution in [1.29, 1.82) is 0 Å². The van der Waals surface area contributed by atoms with Crippen molar-refractivity contribution in [3.8, 4) is 11.5 Å². The van der Waals surface area contributed by atoms with Crippen molar-refractivity contribution in [2.75, 3.05) is 10.3 Å². The van der Waals surface area contributed by atoms with Gasteiger partial charge in [-0.3, -0.25) is 32.4 Å². The fraction of sp³-hybridized carbons (Fsp3) is 0.0638. The Bertz CT molecular complexity index is 4720. The third-order valence-electron chi connectivity index (χ3n) is 11.6. The molecule has 0 radical (unpaired) electrons. The number of rotatable bonds is 16. The summed E-state index contributed by atoms with van der Waals surface area (Å²) in [7, 11) is -25.3. The maximum atomic E-state index is 13.5. The zero-order valence-corrected chi connectivity index (χ0v) is 45.1. The lowest BCUT2D eigenvalue weighted by Gasteiger charge is -2.14. The number of aromatic carboxylic acids is 1. The summed E-state index contributed by atoms with van der Waals surface area (Å²) < 4.78 is 174. The third-order valence-corrected chi connectivity index (χ3v) is 16.0. The van der Waals surface area contributed by atoms with E-state index < -0.39 is 139 Å². The number of phenols is 2. The molecule has 0 saturated heterocycles. The maximum absolute atomic E-state index is 13.5. The number of hydrazone groups is 1. The van der Waals surface area contributed by atoms with Crippen LogP contribution in [0.5, 0.6) is 11.5 Å². The monoisotopic (exact) mass is 1220 g/mol. The number of carbonyl (C=O) groups excluding carboxylic acids is 2. The van der Waals surface area contributed by atoms with Crippen molar-refractivity contribution in [2.45, 2.75) is 44.4 Å². The number of phenolic OH excluding ortho intramolecular Hbond substituents is 2. The van der Waals surface area contributed by atoms with Gasteiger partial charge in [-0.25, -0.2) is 4.79 Å². The van der Waals surface area contributed by atoms with E-state index in [1.165, 1.54) is 32.0 Å². The van der Waals surface area contributed by atoms with Gasteiger partial charge in [-0.2, -0.15) is 67.5 Å². The summed E-state index contributed by atoms with van der Waals surface area (Å²) in [4.78, 5) is 32.7. The second kappa shape index (κ2) is 21.7. The Morgan fingerprint density at radius 1 is 0.585 bits per heavy atom. The van der Waals surface area contributed by atoms with Gasteiger partial charge in [-0.15, -0.1) is 15.3 Å². The van der Waals surface area contributed by atoms with Crippen molar-refractivity contribution < 1.29 is 94.6 Å². The molecule has 35 heteroatoms. The van der Waals surface area contributed by atoms with Crippen LogP contribution in [0.4, 0.5) is 39.8 Å². The first kappa shape index (κ1) is 59.0. The van der Waals surface area contributed by atoms with Crippen molar-refractivity contribution in [3.05, 3.63) is 120 Å². The molecule has 0 aromatic heterocycles. The maximum Gasteiger partial charge on any atom is 0.338 e. The van der Waals surface area contributed by atoms with Crippen LogP contribution < -0.4 is 10.3 Å². The zero-order valence-electron chi connectivity index (χ0n) is 41.1. The lowest BCUT2D eigenvalue weighted by atomic mass is 10.1. The highest BCUT2D eigenvalue weighted by Gasteiger charge is 2.36. The van der Waals surface area contributed by atoms with Gasteiger partial charge in [0.2, 0.25) is 5.91 Å². The Balaban J connectivity index is 1.11. The molecule has 9 N–H and O–H groups in total. The predicted molar refractivity (Wildman–Crippen MR) is 287 cm³/mol. The van der Waals surface area contributed by atoms with Crippen LogP contribution in [-0.2, 0) is 60.2 Å².